The topological polar surface area (TPSA) is 43.9 Å². The van der Waals surface area contributed by atoms with Crippen molar-refractivity contribution in [1.82, 2.24) is 14.5 Å². The molecule has 0 N–H and O–H groups in total. The van der Waals surface area contributed by atoms with E-state index in [4.69, 9.17) is 4.42 Å². The van der Waals surface area contributed by atoms with Gasteiger partial charge in [0.1, 0.15) is 5.69 Å². The van der Waals surface area contributed by atoms with Gasteiger partial charge in [-0.25, -0.2) is 9.97 Å². The van der Waals surface area contributed by atoms with Crippen molar-refractivity contribution in [3.05, 3.63) is 24.6 Å². The van der Waals surface area contributed by atoms with Gasteiger partial charge in [0, 0.05) is 7.05 Å². The Morgan fingerprint density at radius 1 is 1.50 bits per heavy atom. The average Bonchev–Trinajstić information content (AvgIpc) is 2.59. The number of rotatable bonds is 1. The van der Waals surface area contributed by atoms with Crippen LogP contribution in [0.2, 0.25) is 0 Å². The van der Waals surface area contributed by atoms with Crippen molar-refractivity contribution >= 4 is 0 Å². The number of aryl methyl sites for hydroxylation is 2. The Morgan fingerprint density at radius 3 is 2.83 bits per heavy atom. The molecular formula is C8H9N3O. The molecule has 0 radical (unpaired) electrons. The van der Waals surface area contributed by atoms with Gasteiger partial charge in [-0.15, -0.1) is 0 Å². The maximum absolute atomic E-state index is 5.22. The maximum atomic E-state index is 5.22. The minimum Gasteiger partial charge on any atom is -0.442 e. The van der Waals surface area contributed by atoms with Crippen LogP contribution in [0.5, 0.6) is 0 Å². The zero-order valence-corrected chi connectivity index (χ0v) is 6.98. The van der Waals surface area contributed by atoms with Gasteiger partial charge < -0.3 is 8.98 Å². The average molecular weight is 163 g/mol. The fourth-order valence-corrected chi connectivity index (χ4v) is 1.12. The lowest BCUT2D eigenvalue weighted by Crippen LogP contribution is -1.89. The van der Waals surface area contributed by atoms with Crippen LogP contribution in [-0.2, 0) is 7.05 Å². The van der Waals surface area contributed by atoms with Crippen molar-refractivity contribution in [3.63, 3.8) is 0 Å². The first-order valence-electron chi connectivity index (χ1n) is 3.66. The molecule has 0 aliphatic carbocycles. The van der Waals surface area contributed by atoms with Gasteiger partial charge in [0.25, 0.3) is 0 Å². The molecule has 0 aliphatic rings. The van der Waals surface area contributed by atoms with Gasteiger partial charge in [0.15, 0.2) is 12.2 Å². The van der Waals surface area contributed by atoms with Crippen LogP contribution >= 0.6 is 0 Å². The minimum atomic E-state index is 0.787. The van der Waals surface area contributed by atoms with E-state index in [1.54, 1.807) is 12.5 Å². The van der Waals surface area contributed by atoms with E-state index in [1.165, 1.54) is 6.39 Å². The molecule has 0 aromatic carbocycles. The molecule has 0 atom stereocenters. The van der Waals surface area contributed by atoms with Crippen LogP contribution in [0.1, 0.15) is 5.69 Å². The van der Waals surface area contributed by atoms with E-state index in [1.807, 2.05) is 18.5 Å². The van der Waals surface area contributed by atoms with Gasteiger partial charge in [-0.05, 0) is 6.92 Å². The molecule has 2 aromatic rings. The Kier molecular flexibility index (Phi) is 1.46. The van der Waals surface area contributed by atoms with E-state index >= 15 is 0 Å². The number of hydrogen-bond donors (Lipinski definition) is 0. The lowest BCUT2D eigenvalue weighted by molar-refractivity contribution is 0.566. The number of aromatic nitrogens is 3. The lowest BCUT2D eigenvalue weighted by atomic mass is 10.3. The largest absolute Gasteiger partial charge is 0.442 e. The summed E-state index contributed by atoms with van der Waals surface area (Å²) in [5, 5.41) is 0. The van der Waals surface area contributed by atoms with Crippen LogP contribution in [0, 0.1) is 6.92 Å². The van der Waals surface area contributed by atoms with Crippen LogP contribution < -0.4 is 0 Å². The quantitative estimate of drug-likeness (QED) is 0.638. The summed E-state index contributed by atoms with van der Waals surface area (Å²) >= 11 is 0. The predicted molar refractivity (Wildman–Crippen MR) is 43.4 cm³/mol. The van der Waals surface area contributed by atoms with Gasteiger partial charge in [0.05, 0.1) is 18.2 Å². The van der Waals surface area contributed by atoms with E-state index in [0.29, 0.717) is 0 Å². The standard InChI is InChI=1S/C8H9N3O/c1-6-8(12-5-10-6)7-3-9-4-11(7)2/h3-5H,1-2H3. The van der Waals surface area contributed by atoms with Crippen molar-refractivity contribution in [2.45, 2.75) is 6.92 Å². The van der Waals surface area contributed by atoms with Crippen molar-refractivity contribution < 1.29 is 4.42 Å². The zero-order valence-electron chi connectivity index (χ0n) is 6.98. The number of nitrogens with zero attached hydrogens (tertiary/aromatic N) is 3. The molecule has 0 saturated heterocycles. The van der Waals surface area contributed by atoms with E-state index in [-0.39, 0.29) is 0 Å². The number of oxazole rings is 1. The molecule has 2 heterocycles. The van der Waals surface area contributed by atoms with Crippen LogP contribution in [-0.4, -0.2) is 14.5 Å². The molecule has 0 bridgehead atoms. The lowest BCUT2D eigenvalue weighted by Gasteiger charge is -1.96. The molecule has 0 aliphatic heterocycles. The van der Waals surface area contributed by atoms with E-state index < -0.39 is 0 Å². The third-order valence-electron chi connectivity index (χ3n) is 1.79. The van der Waals surface area contributed by atoms with Crippen molar-refractivity contribution in [1.29, 1.82) is 0 Å². The third kappa shape index (κ3) is 0.922. The summed E-state index contributed by atoms with van der Waals surface area (Å²) in [6, 6.07) is 0. The van der Waals surface area contributed by atoms with Gasteiger partial charge in [-0.2, -0.15) is 0 Å². The molecule has 0 fully saturated rings. The normalized spacial score (nSPS) is 10.5. The fraction of sp³-hybridized carbons (Fsp3) is 0.250. The monoisotopic (exact) mass is 163 g/mol. The second kappa shape index (κ2) is 2.48. The highest BCUT2D eigenvalue weighted by molar-refractivity contribution is 5.53. The fourth-order valence-electron chi connectivity index (χ4n) is 1.12. The minimum absolute atomic E-state index is 0.787. The number of hydrogen-bond acceptors (Lipinski definition) is 3. The highest BCUT2D eigenvalue weighted by Gasteiger charge is 2.09. The van der Waals surface area contributed by atoms with Crippen LogP contribution in [0.3, 0.4) is 0 Å². The van der Waals surface area contributed by atoms with Gasteiger partial charge in [0.2, 0.25) is 0 Å². The SMILES string of the molecule is Cc1ncoc1-c1cncn1C. The van der Waals surface area contributed by atoms with Crippen LogP contribution in [0.15, 0.2) is 23.3 Å². The maximum Gasteiger partial charge on any atom is 0.181 e. The molecular weight excluding hydrogens is 154 g/mol. The van der Waals surface area contributed by atoms with Gasteiger partial charge in [-0.1, -0.05) is 0 Å². The van der Waals surface area contributed by atoms with Gasteiger partial charge in [-0.3, -0.25) is 0 Å². The highest BCUT2D eigenvalue weighted by atomic mass is 16.3. The first-order chi connectivity index (χ1) is 5.79. The number of imidazole rings is 1. The Balaban J connectivity index is 2.57. The van der Waals surface area contributed by atoms with Crippen LogP contribution in [0.25, 0.3) is 11.5 Å². The Bertz CT molecular complexity index is 350. The first-order valence-corrected chi connectivity index (χ1v) is 3.66. The zero-order chi connectivity index (χ0) is 8.55. The molecule has 0 unspecified atom stereocenters. The Hall–Kier alpha value is -1.58. The molecule has 0 saturated carbocycles. The summed E-state index contributed by atoms with van der Waals surface area (Å²) in [5.74, 6) is 0.787. The molecule has 0 amide bonds. The third-order valence-corrected chi connectivity index (χ3v) is 1.79. The van der Waals surface area contributed by atoms with Crippen molar-refractivity contribution in [3.8, 4) is 11.5 Å². The summed E-state index contributed by atoms with van der Waals surface area (Å²) in [5.41, 5.74) is 1.84. The molecule has 4 nitrogen and oxygen atoms in total. The first kappa shape index (κ1) is 7.09. The van der Waals surface area contributed by atoms with E-state index in [0.717, 1.165) is 17.1 Å². The van der Waals surface area contributed by atoms with E-state index in [2.05, 4.69) is 9.97 Å². The van der Waals surface area contributed by atoms with Crippen molar-refractivity contribution in [2.24, 2.45) is 7.05 Å². The smallest absolute Gasteiger partial charge is 0.181 e. The van der Waals surface area contributed by atoms with Crippen LogP contribution in [0.4, 0.5) is 0 Å². The van der Waals surface area contributed by atoms with E-state index in [9.17, 15) is 0 Å². The summed E-state index contributed by atoms with van der Waals surface area (Å²) in [4.78, 5) is 8.00. The molecule has 0 spiro atoms. The second-order valence-electron chi connectivity index (χ2n) is 2.66. The Morgan fingerprint density at radius 2 is 2.33 bits per heavy atom. The molecule has 2 aromatic heterocycles. The molecule has 62 valence electrons. The second-order valence-corrected chi connectivity index (χ2v) is 2.66. The summed E-state index contributed by atoms with van der Waals surface area (Å²) in [6.45, 7) is 1.91. The summed E-state index contributed by atoms with van der Waals surface area (Å²) in [6.07, 6.45) is 4.93. The summed E-state index contributed by atoms with van der Waals surface area (Å²) < 4.78 is 7.11. The summed E-state index contributed by atoms with van der Waals surface area (Å²) in [7, 11) is 1.92. The molecule has 12 heavy (non-hydrogen) atoms. The Labute approximate surface area is 69.9 Å². The van der Waals surface area contributed by atoms with Crippen molar-refractivity contribution in [2.75, 3.05) is 0 Å². The molecule has 2 rings (SSSR count). The highest BCUT2D eigenvalue weighted by Crippen LogP contribution is 2.20. The van der Waals surface area contributed by atoms with Gasteiger partial charge >= 0.3 is 0 Å². The predicted octanol–water partition coefficient (Wildman–Crippen LogP) is 1.38. The molecule has 4 heteroatoms.